The predicted octanol–water partition coefficient (Wildman–Crippen LogP) is 6.45. The largest absolute Gasteiger partial charge is 0.465 e. The van der Waals surface area contributed by atoms with Gasteiger partial charge in [0.15, 0.2) is 0 Å². The van der Waals surface area contributed by atoms with Crippen molar-refractivity contribution in [1.29, 1.82) is 0 Å². The fourth-order valence-corrected chi connectivity index (χ4v) is 6.26. The number of pyridine rings is 2. The number of esters is 1. The molecule has 0 N–H and O–H groups in total. The summed E-state index contributed by atoms with van der Waals surface area (Å²) < 4.78 is 21.4. The smallest absolute Gasteiger partial charge is 0.339 e. The summed E-state index contributed by atoms with van der Waals surface area (Å²) in [7, 11) is 1.37. The number of halogens is 2. The third kappa shape index (κ3) is 5.46. The summed E-state index contributed by atoms with van der Waals surface area (Å²) in [4.78, 5) is 39.8. The van der Waals surface area contributed by atoms with Crippen LogP contribution in [0, 0.1) is 25.6 Å². The molecule has 2 fully saturated rings. The second kappa shape index (κ2) is 10.9. The number of benzene rings is 1. The van der Waals surface area contributed by atoms with Crippen molar-refractivity contribution in [2.45, 2.75) is 52.6 Å². The zero-order valence-corrected chi connectivity index (χ0v) is 25.8. The number of nitrogens with zero attached hydrogens (tertiary/aromatic N) is 5. The van der Waals surface area contributed by atoms with Gasteiger partial charge in [0.1, 0.15) is 23.0 Å². The van der Waals surface area contributed by atoms with Crippen molar-refractivity contribution in [3.8, 4) is 11.1 Å². The van der Waals surface area contributed by atoms with Crippen LogP contribution < -0.4 is 4.90 Å². The van der Waals surface area contributed by atoms with Crippen molar-refractivity contribution in [1.82, 2.24) is 19.4 Å². The van der Waals surface area contributed by atoms with E-state index in [1.165, 1.54) is 26.0 Å². The van der Waals surface area contributed by atoms with Gasteiger partial charge in [0.2, 0.25) is 0 Å². The minimum atomic E-state index is -0.515. The number of hydrogen-bond donors (Lipinski definition) is 0. The van der Waals surface area contributed by atoms with E-state index in [0.717, 1.165) is 40.1 Å². The first-order chi connectivity index (χ1) is 20.5. The standard InChI is InChI=1S/C33H35ClFN5O3/c1-19-14-28(36-20(2)29(19)32(42)43-5)38-12-13-40(33(3,4)18-38)31(41)27-11-9-23-24(22-8-10-25(34)26(35)15-22)17-39(30(23)37-27)16-21-6-7-21/h8-11,14-15,17,21H,6-7,12-13,16,18H2,1-5H3. The molecule has 43 heavy (non-hydrogen) atoms. The number of carbonyl (C=O) groups excluding carboxylic acids is 2. The van der Waals surface area contributed by atoms with Gasteiger partial charge >= 0.3 is 5.97 Å². The number of hydrogen-bond acceptors (Lipinski definition) is 6. The average Bonchev–Trinajstić information content (AvgIpc) is 3.72. The maximum atomic E-state index is 14.3. The summed E-state index contributed by atoms with van der Waals surface area (Å²) in [5.41, 5.74) is 4.07. The van der Waals surface area contributed by atoms with Crippen LogP contribution >= 0.6 is 11.6 Å². The molecule has 4 aromatic rings. The number of ether oxygens (including phenoxy) is 1. The maximum absolute atomic E-state index is 14.3. The van der Waals surface area contributed by atoms with Gasteiger partial charge in [-0.1, -0.05) is 17.7 Å². The van der Waals surface area contributed by atoms with E-state index in [4.69, 9.17) is 26.3 Å². The molecular weight excluding hydrogens is 569 g/mol. The summed E-state index contributed by atoms with van der Waals surface area (Å²) in [5, 5.41) is 0.952. The zero-order chi connectivity index (χ0) is 30.6. The molecule has 3 aromatic heterocycles. The van der Waals surface area contributed by atoms with Gasteiger partial charge in [-0.25, -0.2) is 19.2 Å². The van der Waals surface area contributed by atoms with Crippen LogP contribution in [0.1, 0.15) is 58.8 Å². The highest BCUT2D eigenvalue weighted by molar-refractivity contribution is 6.30. The lowest BCUT2D eigenvalue weighted by molar-refractivity contribution is 0.0506. The van der Waals surface area contributed by atoms with E-state index in [1.807, 2.05) is 57.0 Å². The van der Waals surface area contributed by atoms with E-state index < -0.39 is 17.3 Å². The number of amides is 1. The SMILES string of the molecule is COC(=O)c1c(C)cc(N2CCN(C(=O)c3ccc4c(-c5ccc(Cl)c(F)c5)cn(CC5CC5)c4n3)C(C)(C)C2)nc1C. The second-order valence-corrected chi connectivity index (χ2v) is 12.7. The Bertz CT molecular complexity index is 1740. The van der Waals surface area contributed by atoms with Gasteiger partial charge in [-0.2, -0.15) is 0 Å². The Hall–Kier alpha value is -3.98. The minimum Gasteiger partial charge on any atom is -0.465 e. The van der Waals surface area contributed by atoms with Crippen molar-refractivity contribution >= 4 is 40.3 Å². The summed E-state index contributed by atoms with van der Waals surface area (Å²) in [6.07, 6.45) is 4.35. The number of aromatic nitrogens is 3. The van der Waals surface area contributed by atoms with Gasteiger partial charge in [0.05, 0.1) is 28.9 Å². The molecule has 0 unspecified atom stereocenters. The lowest BCUT2D eigenvalue weighted by atomic mass is 9.97. The van der Waals surface area contributed by atoms with Crippen molar-refractivity contribution in [2.75, 3.05) is 31.6 Å². The third-order valence-corrected chi connectivity index (χ3v) is 8.88. The Kier molecular flexibility index (Phi) is 7.40. The summed E-state index contributed by atoms with van der Waals surface area (Å²) >= 11 is 5.94. The first-order valence-corrected chi connectivity index (χ1v) is 14.9. The quantitative estimate of drug-likeness (QED) is 0.236. The number of carbonyl (C=O) groups is 2. The maximum Gasteiger partial charge on any atom is 0.339 e. The molecule has 1 saturated carbocycles. The van der Waals surface area contributed by atoms with E-state index >= 15 is 0 Å². The molecule has 0 spiro atoms. The number of rotatable bonds is 6. The molecule has 0 atom stereocenters. The molecular formula is C33H35ClFN5O3. The molecule has 1 aliphatic heterocycles. The molecule has 10 heteroatoms. The Balaban J connectivity index is 1.28. The molecule has 2 aliphatic rings. The highest BCUT2D eigenvalue weighted by atomic mass is 35.5. The summed E-state index contributed by atoms with van der Waals surface area (Å²) in [5.74, 6) is 0.354. The Morgan fingerprint density at radius 1 is 1.09 bits per heavy atom. The Morgan fingerprint density at radius 2 is 1.86 bits per heavy atom. The second-order valence-electron chi connectivity index (χ2n) is 12.3. The van der Waals surface area contributed by atoms with Crippen LogP contribution in [-0.4, -0.2) is 63.6 Å². The van der Waals surface area contributed by atoms with Gasteiger partial charge in [0.25, 0.3) is 5.91 Å². The Labute approximate surface area is 255 Å². The third-order valence-electron chi connectivity index (χ3n) is 8.57. The predicted molar refractivity (Wildman–Crippen MR) is 165 cm³/mol. The molecule has 8 nitrogen and oxygen atoms in total. The molecule has 0 bridgehead atoms. The van der Waals surface area contributed by atoms with Crippen molar-refractivity contribution in [3.63, 3.8) is 0 Å². The number of piperazine rings is 1. The lowest BCUT2D eigenvalue weighted by Gasteiger charge is -2.47. The van der Waals surface area contributed by atoms with Crippen LogP contribution in [0.5, 0.6) is 0 Å². The van der Waals surface area contributed by atoms with Gasteiger partial charge in [-0.05, 0) is 87.9 Å². The monoisotopic (exact) mass is 603 g/mol. The molecule has 0 radical (unpaired) electrons. The molecule has 4 heterocycles. The van der Waals surface area contributed by atoms with Crippen molar-refractivity contribution in [2.24, 2.45) is 5.92 Å². The zero-order valence-electron chi connectivity index (χ0n) is 25.1. The normalized spacial score (nSPS) is 16.5. The first kappa shape index (κ1) is 29.1. The van der Waals surface area contributed by atoms with E-state index in [2.05, 4.69) is 9.47 Å². The molecule has 6 rings (SSSR count). The number of methoxy groups -OCH3 is 1. The topological polar surface area (TPSA) is 80.6 Å². The van der Waals surface area contributed by atoms with E-state index in [0.29, 0.717) is 42.5 Å². The number of aryl methyl sites for hydroxylation is 2. The van der Waals surface area contributed by atoms with Crippen LogP contribution in [0.25, 0.3) is 22.2 Å². The highest BCUT2D eigenvalue weighted by Gasteiger charge is 2.38. The van der Waals surface area contributed by atoms with E-state index in [9.17, 15) is 14.0 Å². The summed E-state index contributed by atoms with van der Waals surface area (Å²) in [6.45, 7) is 10.2. The van der Waals surface area contributed by atoms with Crippen molar-refractivity contribution < 1.29 is 18.7 Å². The van der Waals surface area contributed by atoms with Crippen LogP contribution in [0.2, 0.25) is 5.02 Å². The van der Waals surface area contributed by atoms with Gasteiger partial charge < -0.3 is 19.1 Å². The van der Waals surface area contributed by atoms with Crippen LogP contribution in [0.4, 0.5) is 10.2 Å². The first-order valence-electron chi connectivity index (χ1n) is 14.6. The van der Waals surface area contributed by atoms with Crippen LogP contribution in [0.15, 0.2) is 42.6 Å². The van der Waals surface area contributed by atoms with E-state index in [-0.39, 0.29) is 10.9 Å². The van der Waals surface area contributed by atoms with Crippen LogP contribution in [-0.2, 0) is 11.3 Å². The summed E-state index contributed by atoms with van der Waals surface area (Å²) in [6, 6.07) is 10.4. The fraction of sp³-hybridized carbons (Fsp3) is 0.394. The lowest BCUT2D eigenvalue weighted by Crippen LogP contribution is -2.61. The van der Waals surface area contributed by atoms with Crippen LogP contribution in [0.3, 0.4) is 0 Å². The molecule has 1 amide bonds. The molecule has 1 saturated heterocycles. The van der Waals surface area contributed by atoms with E-state index in [1.54, 1.807) is 12.1 Å². The Morgan fingerprint density at radius 3 is 2.51 bits per heavy atom. The van der Waals surface area contributed by atoms with Gasteiger partial charge in [0, 0.05) is 43.3 Å². The fourth-order valence-electron chi connectivity index (χ4n) is 6.14. The molecule has 1 aliphatic carbocycles. The number of anilines is 1. The van der Waals surface area contributed by atoms with Gasteiger partial charge in [-0.15, -0.1) is 0 Å². The molecule has 224 valence electrons. The number of fused-ring (bicyclic) bond motifs is 1. The van der Waals surface area contributed by atoms with Gasteiger partial charge in [-0.3, -0.25) is 4.79 Å². The average molecular weight is 604 g/mol. The van der Waals surface area contributed by atoms with Crippen molar-refractivity contribution in [3.05, 3.63) is 75.9 Å². The highest BCUT2D eigenvalue weighted by Crippen LogP contribution is 2.36. The minimum absolute atomic E-state index is 0.0819. The molecule has 1 aromatic carbocycles.